The summed E-state index contributed by atoms with van der Waals surface area (Å²) in [6, 6.07) is 5.11. The Bertz CT molecular complexity index is 580. The first kappa shape index (κ1) is 16.1. The van der Waals surface area contributed by atoms with Crippen LogP contribution in [0.15, 0.2) is 24.3 Å². The van der Waals surface area contributed by atoms with Crippen molar-refractivity contribution in [2.24, 2.45) is 0 Å². The van der Waals surface area contributed by atoms with Crippen molar-refractivity contribution in [3.05, 3.63) is 24.3 Å². The van der Waals surface area contributed by atoms with Crippen LogP contribution in [0.2, 0.25) is 0 Å². The molecular weight excluding hydrogens is 304 g/mol. The van der Waals surface area contributed by atoms with Gasteiger partial charge in [-0.15, -0.1) is 0 Å². The summed E-state index contributed by atoms with van der Waals surface area (Å²) in [5.74, 6) is -0.864. The molecule has 0 fully saturated rings. The number of para-hydroxylation sites is 2. The first-order valence-electron chi connectivity index (χ1n) is 6.85. The molecule has 1 aromatic carbocycles. The van der Waals surface area contributed by atoms with Gasteiger partial charge in [0, 0.05) is 12.8 Å². The summed E-state index contributed by atoms with van der Waals surface area (Å²) in [6.45, 7) is 0. The summed E-state index contributed by atoms with van der Waals surface area (Å²) in [7, 11) is 0. The molecule has 0 saturated heterocycles. The normalized spacial score (nSPS) is 16.9. The van der Waals surface area contributed by atoms with E-state index in [2.05, 4.69) is 32.3 Å². The Hall–Kier alpha value is -3.30. The molecule has 0 bridgehead atoms. The lowest BCUT2D eigenvalue weighted by Crippen LogP contribution is -2.43. The predicted molar refractivity (Wildman–Crippen MR) is 80.9 cm³/mol. The van der Waals surface area contributed by atoms with Gasteiger partial charge >= 0.3 is 12.1 Å². The highest BCUT2D eigenvalue weighted by Gasteiger charge is 2.12. The van der Waals surface area contributed by atoms with Gasteiger partial charge in [-0.2, -0.15) is 0 Å². The van der Waals surface area contributed by atoms with Crippen LogP contribution in [0, 0.1) is 0 Å². The fourth-order valence-corrected chi connectivity index (χ4v) is 1.80. The molecule has 0 aromatic heterocycles. The number of anilines is 2. The van der Waals surface area contributed by atoms with E-state index in [0.29, 0.717) is 11.4 Å². The van der Waals surface area contributed by atoms with Crippen molar-refractivity contribution in [2.45, 2.75) is 19.3 Å². The highest BCUT2D eigenvalue weighted by atomic mass is 16.2. The SMILES string of the molecule is O=C1CCCC(=O)NNC(=O)Nc2ccccc2NC(=O)NN1. The van der Waals surface area contributed by atoms with Crippen molar-refractivity contribution in [3.63, 3.8) is 0 Å². The predicted octanol–water partition coefficient (Wildman–Crippen LogP) is 0.176. The van der Waals surface area contributed by atoms with Crippen LogP contribution in [0.1, 0.15) is 19.3 Å². The second-order valence-corrected chi connectivity index (χ2v) is 4.65. The highest BCUT2D eigenvalue weighted by Crippen LogP contribution is 2.20. The van der Waals surface area contributed by atoms with E-state index in [9.17, 15) is 19.2 Å². The first-order valence-corrected chi connectivity index (χ1v) is 6.85. The summed E-state index contributed by atoms with van der Waals surface area (Å²) in [4.78, 5) is 46.5. The fraction of sp³-hybridized carbons (Fsp3) is 0.231. The number of nitrogens with one attached hydrogen (secondary N) is 6. The molecule has 122 valence electrons. The Morgan fingerprint density at radius 3 is 1.52 bits per heavy atom. The van der Waals surface area contributed by atoms with Crippen LogP contribution in [0.4, 0.5) is 21.0 Å². The molecule has 0 radical (unpaired) electrons. The second kappa shape index (κ2) is 7.64. The maximum atomic E-state index is 11.7. The maximum absolute atomic E-state index is 11.7. The van der Waals surface area contributed by atoms with Gasteiger partial charge in [0.1, 0.15) is 0 Å². The molecule has 6 N–H and O–H groups in total. The molecule has 10 heteroatoms. The van der Waals surface area contributed by atoms with Crippen molar-refractivity contribution in [3.8, 4) is 0 Å². The van der Waals surface area contributed by atoms with E-state index < -0.39 is 23.9 Å². The van der Waals surface area contributed by atoms with Gasteiger partial charge < -0.3 is 10.6 Å². The Labute approximate surface area is 131 Å². The Kier molecular flexibility index (Phi) is 5.34. The van der Waals surface area contributed by atoms with E-state index in [1.807, 2.05) is 0 Å². The van der Waals surface area contributed by atoms with Crippen LogP contribution in [-0.2, 0) is 9.59 Å². The number of hydrogen-bond acceptors (Lipinski definition) is 4. The van der Waals surface area contributed by atoms with Gasteiger partial charge in [0.2, 0.25) is 11.8 Å². The zero-order chi connectivity index (χ0) is 16.7. The second-order valence-electron chi connectivity index (χ2n) is 4.65. The van der Waals surface area contributed by atoms with Crippen LogP contribution in [0.5, 0.6) is 0 Å². The zero-order valence-electron chi connectivity index (χ0n) is 12.1. The topological polar surface area (TPSA) is 140 Å². The Morgan fingerprint density at radius 1 is 0.652 bits per heavy atom. The number of amides is 6. The van der Waals surface area contributed by atoms with Crippen LogP contribution in [-0.4, -0.2) is 23.9 Å². The number of carbonyl (C=O) groups is 4. The number of urea groups is 2. The van der Waals surface area contributed by atoms with Crippen molar-refractivity contribution >= 4 is 35.3 Å². The lowest BCUT2D eigenvalue weighted by Gasteiger charge is -2.13. The Balaban J connectivity index is 2.13. The average molecular weight is 320 g/mol. The fourth-order valence-electron chi connectivity index (χ4n) is 1.80. The molecule has 0 aliphatic carbocycles. The van der Waals surface area contributed by atoms with Gasteiger partial charge in [0.05, 0.1) is 11.4 Å². The monoisotopic (exact) mass is 320 g/mol. The number of benzene rings is 1. The largest absolute Gasteiger partial charge is 0.337 e. The zero-order valence-corrected chi connectivity index (χ0v) is 12.1. The van der Waals surface area contributed by atoms with E-state index in [4.69, 9.17) is 0 Å². The molecular formula is C13H16N6O4. The van der Waals surface area contributed by atoms with E-state index in [-0.39, 0.29) is 19.3 Å². The van der Waals surface area contributed by atoms with Crippen molar-refractivity contribution in [1.82, 2.24) is 21.7 Å². The van der Waals surface area contributed by atoms with Crippen LogP contribution in [0.3, 0.4) is 0 Å². The molecule has 23 heavy (non-hydrogen) atoms. The van der Waals surface area contributed by atoms with E-state index in [1.54, 1.807) is 24.3 Å². The van der Waals surface area contributed by atoms with Gasteiger partial charge in [-0.05, 0) is 18.6 Å². The molecule has 0 unspecified atom stereocenters. The van der Waals surface area contributed by atoms with E-state index >= 15 is 0 Å². The quantitative estimate of drug-likeness (QED) is 0.405. The van der Waals surface area contributed by atoms with Crippen LogP contribution < -0.4 is 32.3 Å². The molecule has 0 spiro atoms. The van der Waals surface area contributed by atoms with Crippen LogP contribution in [0.25, 0.3) is 0 Å². The number of rotatable bonds is 0. The van der Waals surface area contributed by atoms with E-state index in [0.717, 1.165) is 0 Å². The lowest BCUT2D eigenvalue weighted by atomic mass is 10.2. The molecule has 6 amide bonds. The van der Waals surface area contributed by atoms with Gasteiger partial charge in [0.25, 0.3) is 0 Å². The minimum Gasteiger partial charge on any atom is -0.305 e. The van der Waals surface area contributed by atoms with Gasteiger partial charge in [-0.1, -0.05) is 12.1 Å². The average Bonchev–Trinajstić information content (AvgIpc) is 2.52. The standard InChI is InChI=1S/C13H16N6O4/c20-10-6-3-7-11(21)17-19-13(23)15-9-5-2-1-4-8(9)14-12(22)18-16-10/h1-2,4-5H,3,6-7H2,(H,16,20)(H,17,21)(H2,14,18,22)(H2,15,19,23). The maximum Gasteiger partial charge on any atom is 0.337 e. The minimum atomic E-state index is -0.669. The van der Waals surface area contributed by atoms with Gasteiger partial charge in [0.15, 0.2) is 0 Å². The summed E-state index contributed by atoms with van der Waals surface area (Å²) in [6.07, 6.45) is 0.372. The Morgan fingerprint density at radius 2 is 1.09 bits per heavy atom. The number of fused-ring (bicyclic) bond motifs is 1. The minimum absolute atomic E-state index is 0.0521. The molecule has 0 saturated carbocycles. The third kappa shape index (κ3) is 5.19. The highest BCUT2D eigenvalue weighted by molar-refractivity contribution is 5.99. The molecule has 1 aliphatic heterocycles. The van der Waals surface area contributed by atoms with Crippen molar-refractivity contribution in [2.75, 3.05) is 10.6 Å². The van der Waals surface area contributed by atoms with E-state index in [1.165, 1.54) is 0 Å². The van der Waals surface area contributed by atoms with Crippen molar-refractivity contribution in [1.29, 1.82) is 0 Å². The summed E-state index contributed by atoms with van der Waals surface area (Å²) in [5, 5.41) is 4.97. The first-order chi connectivity index (χ1) is 11.0. The summed E-state index contributed by atoms with van der Waals surface area (Å²) in [5.41, 5.74) is 9.45. The smallest absolute Gasteiger partial charge is 0.305 e. The number of hydrazine groups is 2. The molecule has 1 aromatic rings. The van der Waals surface area contributed by atoms with Gasteiger partial charge in [-0.25, -0.2) is 20.4 Å². The molecule has 1 aliphatic rings. The molecule has 0 atom stereocenters. The summed E-state index contributed by atoms with van der Waals surface area (Å²) >= 11 is 0. The lowest BCUT2D eigenvalue weighted by molar-refractivity contribution is -0.123. The molecule has 1 heterocycles. The summed E-state index contributed by atoms with van der Waals surface area (Å²) < 4.78 is 0. The number of carbonyl (C=O) groups excluding carboxylic acids is 4. The van der Waals surface area contributed by atoms with Crippen molar-refractivity contribution < 1.29 is 19.2 Å². The molecule has 2 rings (SSSR count). The number of hydrogen-bond donors (Lipinski definition) is 6. The van der Waals surface area contributed by atoms with Crippen LogP contribution >= 0.6 is 0 Å². The molecule has 10 nitrogen and oxygen atoms in total. The van der Waals surface area contributed by atoms with Gasteiger partial charge in [-0.3, -0.25) is 20.4 Å². The third-order valence-corrected chi connectivity index (χ3v) is 2.86. The third-order valence-electron chi connectivity index (χ3n) is 2.86.